The molecule has 6 heterocycles. The third kappa shape index (κ3) is 8.07. The maximum absolute atomic E-state index is 6.07. The third-order valence-corrected chi connectivity index (χ3v) is 12.4. The first-order valence-electron chi connectivity index (χ1n) is 14.5. The average Bonchev–Trinajstić information content (AvgIpc) is 3.71. The first-order valence-corrected chi connectivity index (χ1v) is 18.0. The second-order valence-electron chi connectivity index (χ2n) is 13.1. The van der Waals surface area contributed by atoms with Gasteiger partial charge >= 0.3 is 14.2 Å². The minimum Gasteiger partial charge on any atom is -0.409 e. The van der Waals surface area contributed by atoms with E-state index in [0.29, 0.717) is 0 Å². The molecule has 2 fully saturated rings. The lowest BCUT2D eigenvalue weighted by molar-refractivity contribution is 0.00578. The normalized spacial score (nSPS) is 19.8. The van der Waals surface area contributed by atoms with Gasteiger partial charge in [-0.2, -0.15) is 0 Å². The number of thiophene rings is 4. The predicted octanol–water partition coefficient (Wildman–Crippen LogP) is 9.99. The van der Waals surface area contributed by atoms with Crippen molar-refractivity contribution < 1.29 is 18.6 Å². The molecule has 2 aliphatic rings. The lowest BCUT2D eigenvalue weighted by Gasteiger charge is -2.33. The van der Waals surface area contributed by atoms with Gasteiger partial charge in [0.25, 0.3) is 0 Å². The molecular weight excluding hydrogens is 598 g/mol. The van der Waals surface area contributed by atoms with Crippen LogP contribution < -0.4 is 4.78 Å². The Bertz CT molecular complexity index is 1290. The molecule has 2 aliphatic heterocycles. The Balaban J connectivity index is 0.000000153. The van der Waals surface area contributed by atoms with E-state index < -0.39 is 0 Å². The standard InChI is InChI=1S/C14H17BO2S2.C10H21BO2.C8H6S2/c1-13(2)14(3,4)17-15(16-13)12-8-7-11(19-12)10-6-5-9-18-10;1-8(2)12-11-7-9(3,4)10(5,6)13-11;1-3-7(9-5-1)8-4-2-6-10-8/h5-9H,1-4H3;8H,7H2,1-6H3;1-6H. The zero-order valence-corrected chi connectivity index (χ0v) is 29.8. The van der Waals surface area contributed by atoms with Crippen molar-refractivity contribution in [1.82, 2.24) is 0 Å². The lowest BCUT2D eigenvalue weighted by atomic mass is 9.68. The fourth-order valence-corrected chi connectivity index (χ4v) is 7.78. The molecule has 10 heteroatoms. The quantitative estimate of drug-likeness (QED) is 0.203. The summed E-state index contributed by atoms with van der Waals surface area (Å²) in [5.41, 5.74) is -0.422. The van der Waals surface area contributed by atoms with Gasteiger partial charge in [0.1, 0.15) is 0 Å². The molecule has 0 aromatic carbocycles. The Kier molecular flexibility index (Phi) is 10.7. The molecule has 4 nitrogen and oxygen atoms in total. The van der Waals surface area contributed by atoms with Crippen LogP contribution in [0.5, 0.6) is 0 Å². The van der Waals surface area contributed by atoms with Gasteiger partial charge in [-0.25, -0.2) is 0 Å². The fourth-order valence-electron chi connectivity index (χ4n) is 4.40. The van der Waals surface area contributed by atoms with Crippen LogP contribution in [0.3, 0.4) is 0 Å². The van der Waals surface area contributed by atoms with Crippen molar-refractivity contribution in [1.29, 1.82) is 0 Å². The third-order valence-electron chi connectivity index (χ3n) is 8.32. The smallest absolute Gasteiger partial charge is 0.409 e. The molecular formula is C32H44B2O4S4. The molecule has 0 amide bonds. The first kappa shape index (κ1) is 33.7. The Morgan fingerprint density at radius 3 is 1.50 bits per heavy atom. The maximum Gasteiger partial charge on any atom is 0.505 e. The van der Waals surface area contributed by atoms with Crippen molar-refractivity contribution >= 4 is 64.4 Å². The highest BCUT2D eigenvalue weighted by Gasteiger charge is 2.52. The average molecular weight is 643 g/mol. The van der Waals surface area contributed by atoms with E-state index in [0.717, 1.165) is 11.1 Å². The molecule has 42 heavy (non-hydrogen) atoms. The molecule has 6 rings (SSSR count). The van der Waals surface area contributed by atoms with Crippen molar-refractivity contribution in [3.05, 3.63) is 64.7 Å². The van der Waals surface area contributed by atoms with Crippen LogP contribution in [0.25, 0.3) is 19.5 Å². The van der Waals surface area contributed by atoms with Crippen LogP contribution in [0, 0.1) is 5.41 Å². The second-order valence-corrected chi connectivity index (χ2v) is 17.0. The zero-order chi connectivity index (χ0) is 30.8. The van der Waals surface area contributed by atoms with E-state index in [1.54, 1.807) is 45.3 Å². The van der Waals surface area contributed by atoms with E-state index in [1.807, 2.05) is 13.8 Å². The van der Waals surface area contributed by atoms with Crippen LogP contribution in [0.4, 0.5) is 0 Å². The molecule has 0 radical (unpaired) electrons. The minimum atomic E-state index is -0.273. The summed E-state index contributed by atoms with van der Waals surface area (Å²) in [7, 11) is -0.270. The van der Waals surface area contributed by atoms with Crippen LogP contribution in [0.15, 0.2) is 64.7 Å². The summed E-state index contributed by atoms with van der Waals surface area (Å²) in [4.78, 5) is 5.32. The summed E-state index contributed by atoms with van der Waals surface area (Å²) in [6.07, 6.45) is 1.23. The Morgan fingerprint density at radius 1 is 0.643 bits per heavy atom. The van der Waals surface area contributed by atoms with Gasteiger partial charge in [-0.1, -0.05) is 38.1 Å². The summed E-state index contributed by atoms with van der Waals surface area (Å²) in [6, 6.07) is 16.9. The molecule has 0 unspecified atom stereocenters. The minimum absolute atomic E-state index is 0.0231. The highest BCUT2D eigenvalue weighted by Crippen LogP contribution is 2.45. The van der Waals surface area contributed by atoms with E-state index in [9.17, 15) is 0 Å². The SMILES string of the molecule is CC(C)OB1CC(C)(C)C(C)(C)O1.CC1(C)OB(c2ccc(-c3cccs3)s2)OC1(C)C.c1csc(-c2cccs2)c1. The number of hydrogen-bond acceptors (Lipinski definition) is 8. The van der Waals surface area contributed by atoms with E-state index >= 15 is 0 Å². The Labute approximate surface area is 269 Å². The molecule has 0 aliphatic carbocycles. The van der Waals surface area contributed by atoms with Crippen LogP contribution in [0.1, 0.15) is 69.2 Å². The summed E-state index contributed by atoms with van der Waals surface area (Å²) >= 11 is 7.09. The summed E-state index contributed by atoms with van der Waals surface area (Å²) in [5, 5.41) is 6.31. The molecule has 226 valence electrons. The monoisotopic (exact) mass is 642 g/mol. The zero-order valence-electron chi connectivity index (χ0n) is 26.6. The van der Waals surface area contributed by atoms with Crippen LogP contribution in [-0.2, 0) is 18.6 Å². The van der Waals surface area contributed by atoms with Gasteiger partial charge in [-0.15, -0.1) is 45.3 Å². The van der Waals surface area contributed by atoms with Crippen LogP contribution in [0.2, 0.25) is 6.32 Å². The maximum atomic E-state index is 6.07. The van der Waals surface area contributed by atoms with Crippen LogP contribution in [-0.4, -0.2) is 37.1 Å². The largest absolute Gasteiger partial charge is 0.505 e. The van der Waals surface area contributed by atoms with Gasteiger partial charge < -0.3 is 18.6 Å². The van der Waals surface area contributed by atoms with Gasteiger partial charge in [-0.05, 0) is 108 Å². The van der Waals surface area contributed by atoms with E-state index in [-0.39, 0.29) is 42.6 Å². The highest BCUT2D eigenvalue weighted by molar-refractivity contribution is 7.27. The van der Waals surface area contributed by atoms with Gasteiger partial charge in [0, 0.05) is 30.4 Å². The lowest BCUT2D eigenvalue weighted by Crippen LogP contribution is -2.41. The Hall–Kier alpha value is -1.23. The Morgan fingerprint density at radius 2 is 1.12 bits per heavy atom. The number of hydrogen-bond donors (Lipinski definition) is 0. The molecule has 2 saturated heterocycles. The molecule has 4 aromatic rings. The van der Waals surface area contributed by atoms with Crippen molar-refractivity contribution in [3.8, 4) is 19.5 Å². The van der Waals surface area contributed by atoms with E-state index in [2.05, 4.69) is 120 Å². The van der Waals surface area contributed by atoms with Crippen molar-refractivity contribution in [3.63, 3.8) is 0 Å². The summed E-state index contributed by atoms with van der Waals surface area (Å²) < 4.78 is 24.8. The van der Waals surface area contributed by atoms with Gasteiger partial charge in [0.2, 0.25) is 0 Å². The van der Waals surface area contributed by atoms with E-state index in [1.165, 1.54) is 19.5 Å². The van der Waals surface area contributed by atoms with Crippen LogP contribution >= 0.6 is 45.3 Å². The summed E-state index contributed by atoms with van der Waals surface area (Å²) in [6.45, 7) is 21.2. The fraction of sp³-hybridized carbons (Fsp3) is 0.500. The summed E-state index contributed by atoms with van der Waals surface area (Å²) in [5.74, 6) is 0. The topological polar surface area (TPSA) is 36.9 Å². The molecule has 4 aromatic heterocycles. The first-order chi connectivity index (χ1) is 19.6. The molecule has 0 N–H and O–H groups in total. The van der Waals surface area contributed by atoms with Crippen molar-refractivity contribution in [2.24, 2.45) is 5.41 Å². The highest BCUT2D eigenvalue weighted by atomic mass is 32.1. The van der Waals surface area contributed by atoms with Gasteiger partial charge in [-0.3, -0.25) is 0 Å². The van der Waals surface area contributed by atoms with Gasteiger partial charge in [0.15, 0.2) is 0 Å². The van der Waals surface area contributed by atoms with Gasteiger partial charge in [0.05, 0.1) is 16.8 Å². The molecule has 0 atom stereocenters. The van der Waals surface area contributed by atoms with Crippen molar-refractivity contribution in [2.45, 2.75) is 98.5 Å². The second kappa shape index (κ2) is 13.4. The van der Waals surface area contributed by atoms with Crippen molar-refractivity contribution in [2.75, 3.05) is 0 Å². The predicted molar refractivity (Wildman–Crippen MR) is 187 cm³/mol. The molecule has 0 spiro atoms. The molecule has 0 bridgehead atoms. The molecule has 0 saturated carbocycles. The number of rotatable bonds is 5. The van der Waals surface area contributed by atoms with E-state index in [4.69, 9.17) is 18.6 Å².